The van der Waals surface area contributed by atoms with Crippen molar-refractivity contribution in [3.8, 4) is 5.75 Å². The highest BCUT2D eigenvalue weighted by Crippen LogP contribution is 2.39. The van der Waals surface area contributed by atoms with Crippen LogP contribution in [0.25, 0.3) is 0 Å². The molecule has 0 radical (unpaired) electrons. The summed E-state index contributed by atoms with van der Waals surface area (Å²) >= 11 is 0. The van der Waals surface area contributed by atoms with Crippen molar-refractivity contribution in [2.75, 3.05) is 0 Å². The largest absolute Gasteiger partial charge is 0.508 e. The Balaban J connectivity index is 1.92. The molecule has 1 aliphatic heterocycles. The maximum atomic E-state index is 9.74. The van der Waals surface area contributed by atoms with Gasteiger partial charge in [0.2, 0.25) is 0 Å². The fraction of sp³-hybridized carbons (Fsp3) is 0.625. The van der Waals surface area contributed by atoms with Crippen LogP contribution in [0.15, 0.2) is 18.2 Å². The molecule has 18 heavy (non-hydrogen) atoms. The van der Waals surface area contributed by atoms with E-state index in [4.69, 9.17) is 0 Å². The minimum atomic E-state index is 0.408. The molecular weight excluding hydrogens is 222 g/mol. The van der Waals surface area contributed by atoms with E-state index < -0.39 is 0 Å². The van der Waals surface area contributed by atoms with E-state index in [1.807, 2.05) is 12.1 Å². The number of hydrogen-bond donors (Lipinski definition) is 2. The molecule has 2 heteroatoms. The van der Waals surface area contributed by atoms with E-state index in [0.29, 0.717) is 17.8 Å². The number of benzene rings is 1. The first kappa shape index (κ1) is 12.0. The van der Waals surface area contributed by atoms with Crippen LogP contribution in [0.5, 0.6) is 5.75 Å². The van der Waals surface area contributed by atoms with Crippen molar-refractivity contribution in [1.82, 2.24) is 5.32 Å². The molecule has 1 aliphatic carbocycles. The Bertz CT molecular complexity index is 423. The predicted molar refractivity (Wildman–Crippen MR) is 73.7 cm³/mol. The summed E-state index contributed by atoms with van der Waals surface area (Å²) in [6.45, 7) is 2.27. The van der Waals surface area contributed by atoms with Crippen LogP contribution in [-0.4, -0.2) is 11.1 Å². The average Bonchev–Trinajstić information content (AvgIpc) is 2.39. The quantitative estimate of drug-likeness (QED) is 0.793. The van der Waals surface area contributed by atoms with Gasteiger partial charge in [0.1, 0.15) is 5.75 Å². The van der Waals surface area contributed by atoms with E-state index in [0.717, 1.165) is 12.3 Å². The average molecular weight is 245 g/mol. The minimum absolute atomic E-state index is 0.408. The molecule has 0 bridgehead atoms. The summed E-state index contributed by atoms with van der Waals surface area (Å²) < 4.78 is 0. The second-order valence-corrected chi connectivity index (χ2v) is 6.03. The van der Waals surface area contributed by atoms with Gasteiger partial charge in [-0.15, -0.1) is 0 Å². The molecule has 1 aromatic carbocycles. The zero-order valence-electron chi connectivity index (χ0n) is 11.2. The van der Waals surface area contributed by atoms with Crippen LogP contribution < -0.4 is 5.32 Å². The maximum Gasteiger partial charge on any atom is 0.115 e. The fourth-order valence-corrected chi connectivity index (χ4v) is 3.70. The molecule has 2 nitrogen and oxygen atoms in total. The smallest absolute Gasteiger partial charge is 0.115 e. The van der Waals surface area contributed by atoms with Crippen LogP contribution in [0.3, 0.4) is 0 Å². The zero-order chi connectivity index (χ0) is 12.5. The van der Waals surface area contributed by atoms with Gasteiger partial charge in [-0.05, 0) is 55.4 Å². The molecular formula is C16H23NO. The lowest BCUT2D eigenvalue weighted by atomic mass is 9.77. The lowest BCUT2D eigenvalue weighted by molar-refractivity contribution is 0.245. The number of hydrogen-bond acceptors (Lipinski definition) is 2. The molecule has 2 N–H and O–H groups in total. The molecule has 0 saturated heterocycles. The molecule has 1 fully saturated rings. The summed E-state index contributed by atoms with van der Waals surface area (Å²) in [4.78, 5) is 0. The predicted octanol–water partition coefficient (Wildman–Crippen LogP) is 3.55. The Hall–Kier alpha value is -1.02. The van der Waals surface area contributed by atoms with Gasteiger partial charge in [-0.2, -0.15) is 0 Å². The number of phenols is 1. The van der Waals surface area contributed by atoms with Crippen LogP contribution in [0.2, 0.25) is 0 Å². The third kappa shape index (κ3) is 2.26. The Labute approximate surface area is 109 Å². The summed E-state index contributed by atoms with van der Waals surface area (Å²) in [7, 11) is 0. The maximum absolute atomic E-state index is 9.74. The summed E-state index contributed by atoms with van der Waals surface area (Å²) in [5.41, 5.74) is 2.77. The van der Waals surface area contributed by atoms with Gasteiger partial charge in [-0.3, -0.25) is 0 Å². The highest BCUT2D eigenvalue weighted by atomic mass is 16.3. The van der Waals surface area contributed by atoms with Gasteiger partial charge in [0.15, 0.2) is 0 Å². The monoisotopic (exact) mass is 245 g/mol. The van der Waals surface area contributed by atoms with E-state index in [-0.39, 0.29) is 0 Å². The van der Waals surface area contributed by atoms with Crippen LogP contribution in [0, 0.1) is 5.92 Å². The Morgan fingerprint density at radius 3 is 2.72 bits per heavy atom. The van der Waals surface area contributed by atoms with Crippen molar-refractivity contribution >= 4 is 0 Å². The van der Waals surface area contributed by atoms with E-state index >= 15 is 0 Å². The van der Waals surface area contributed by atoms with Crippen molar-refractivity contribution in [2.45, 2.75) is 57.5 Å². The summed E-state index contributed by atoms with van der Waals surface area (Å²) in [5.74, 6) is 1.16. The van der Waals surface area contributed by atoms with E-state index in [9.17, 15) is 5.11 Å². The highest BCUT2D eigenvalue weighted by molar-refractivity contribution is 5.39. The molecule has 2 unspecified atom stereocenters. The molecule has 1 saturated carbocycles. The number of rotatable bonds is 1. The van der Waals surface area contributed by atoms with Crippen LogP contribution >= 0.6 is 0 Å². The molecule has 2 atom stereocenters. The van der Waals surface area contributed by atoms with Crippen molar-refractivity contribution in [1.29, 1.82) is 0 Å². The number of nitrogens with one attached hydrogen (secondary N) is 1. The third-order valence-electron chi connectivity index (χ3n) is 4.58. The number of phenolic OH excluding ortho intramolecular Hbond substituents is 1. The second kappa shape index (κ2) is 4.93. The van der Waals surface area contributed by atoms with Gasteiger partial charge >= 0.3 is 0 Å². The van der Waals surface area contributed by atoms with Gasteiger partial charge in [0.25, 0.3) is 0 Å². The molecule has 1 heterocycles. The minimum Gasteiger partial charge on any atom is -0.508 e. The van der Waals surface area contributed by atoms with Gasteiger partial charge in [0.05, 0.1) is 0 Å². The summed E-state index contributed by atoms with van der Waals surface area (Å²) in [6.07, 6.45) is 7.88. The Kier molecular flexibility index (Phi) is 3.29. The van der Waals surface area contributed by atoms with E-state index in [2.05, 4.69) is 18.3 Å². The lowest BCUT2D eigenvalue weighted by Crippen LogP contribution is -2.41. The van der Waals surface area contributed by atoms with Crippen molar-refractivity contribution in [3.05, 3.63) is 29.3 Å². The van der Waals surface area contributed by atoms with Crippen molar-refractivity contribution < 1.29 is 5.11 Å². The third-order valence-corrected chi connectivity index (χ3v) is 4.58. The fourth-order valence-electron chi connectivity index (χ4n) is 3.70. The standard InChI is InChI=1S/C16H23NO/c1-11-9-13-7-8-14(18)10-15(13)16(17-11)12-5-3-2-4-6-12/h7-8,10-12,16-18H,2-6,9H2,1H3. The van der Waals surface area contributed by atoms with Crippen molar-refractivity contribution in [2.24, 2.45) is 5.92 Å². The first-order valence-corrected chi connectivity index (χ1v) is 7.32. The highest BCUT2D eigenvalue weighted by Gasteiger charge is 2.31. The summed E-state index contributed by atoms with van der Waals surface area (Å²) in [6, 6.07) is 6.92. The molecule has 0 spiro atoms. The molecule has 98 valence electrons. The number of aromatic hydroxyl groups is 1. The van der Waals surface area contributed by atoms with Gasteiger partial charge in [0, 0.05) is 12.1 Å². The van der Waals surface area contributed by atoms with Crippen LogP contribution in [0.4, 0.5) is 0 Å². The zero-order valence-corrected chi connectivity index (χ0v) is 11.2. The molecule has 2 aliphatic rings. The van der Waals surface area contributed by atoms with Crippen LogP contribution in [0.1, 0.15) is 56.2 Å². The van der Waals surface area contributed by atoms with Gasteiger partial charge in [-0.1, -0.05) is 25.3 Å². The normalized spacial score (nSPS) is 28.9. The molecule has 0 aromatic heterocycles. The van der Waals surface area contributed by atoms with Gasteiger partial charge in [-0.25, -0.2) is 0 Å². The van der Waals surface area contributed by atoms with Gasteiger partial charge < -0.3 is 10.4 Å². The summed E-state index contributed by atoms with van der Waals surface area (Å²) in [5, 5.41) is 13.5. The molecule has 1 aromatic rings. The molecule has 0 amide bonds. The second-order valence-electron chi connectivity index (χ2n) is 6.03. The Morgan fingerprint density at radius 2 is 1.94 bits per heavy atom. The SMILES string of the molecule is CC1Cc2ccc(O)cc2C(C2CCCCC2)N1. The van der Waals surface area contributed by atoms with E-state index in [1.165, 1.54) is 43.2 Å². The first-order valence-electron chi connectivity index (χ1n) is 7.32. The van der Waals surface area contributed by atoms with Crippen molar-refractivity contribution in [3.63, 3.8) is 0 Å². The number of fused-ring (bicyclic) bond motifs is 1. The van der Waals surface area contributed by atoms with E-state index in [1.54, 1.807) is 0 Å². The Morgan fingerprint density at radius 1 is 1.17 bits per heavy atom. The molecule has 3 rings (SSSR count). The van der Waals surface area contributed by atoms with Crippen LogP contribution in [-0.2, 0) is 6.42 Å². The lowest BCUT2D eigenvalue weighted by Gasteiger charge is -2.38. The first-order chi connectivity index (χ1) is 8.74. The topological polar surface area (TPSA) is 32.3 Å².